The van der Waals surface area contributed by atoms with E-state index in [1.54, 1.807) is 0 Å². The molecule has 1 aromatic carbocycles. The van der Waals surface area contributed by atoms with Gasteiger partial charge in [0.05, 0.1) is 11.3 Å². The Labute approximate surface area is 114 Å². The smallest absolute Gasteiger partial charge is 0.253 e. The SMILES string of the molecule is Cc1cccc(-c2c(F)c(F)c(C(F)(F)F)c(F)c2F)n1. The molecule has 0 radical (unpaired) electrons. The molecule has 8 heteroatoms. The maximum absolute atomic E-state index is 13.7. The minimum atomic E-state index is -5.56. The topological polar surface area (TPSA) is 12.9 Å². The average molecular weight is 309 g/mol. The van der Waals surface area contributed by atoms with Gasteiger partial charge >= 0.3 is 6.18 Å². The van der Waals surface area contributed by atoms with E-state index in [-0.39, 0.29) is 5.69 Å². The first-order valence-corrected chi connectivity index (χ1v) is 5.51. The fraction of sp³-hybridized carbons (Fsp3) is 0.154. The predicted octanol–water partition coefficient (Wildman–Crippen LogP) is 4.63. The molecule has 0 saturated heterocycles. The van der Waals surface area contributed by atoms with Crippen LogP contribution in [0, 0.1) is 30.2 Å². The van der Waals surface area contributed by atoms with Gasteiger partial charge in [-0.25, -0.2) is 17.6 Å². The third kappa shape index (κ3) is 2.57. The molecule has 0 unspecified atom stereocenters. The molecule has 0 saturated carbocycles. The quantitative estimate of drug-likeness (QED) is 0.553. The van der Waals surface area contributed by atoms with E-state index in [0.717, 1.165) is 6.07 Å². The highest BCUT2D eigenvalue weighted by Gasteiger charge is 2.42. The molecule has 0 spiro atoms. The molecular formula is C13H6F7N. The first-order valence-electron chi connectivity index (χ1n) is 5.51. The molecule has 1 nitrogen and oxygen atoms in total. The molecule has 0 amide bonds. The Hall–Kier alpha value is -2.12. The van der Waals surface area contributed by atoms with Crippen LogP contribution < -0.4 is 0 Å². The molecule has 1 heterocycles. The van der Waals surface area contributed by atoms with Crippen molar-refractivity contribution in [2.45, 2.75) is 13.1 Å². The zero-order valence-electron chi connectivity index (χ0n) is 10.3. The van der Waals surface area contributed by atoms with Gasteiger partial charge in [0.2, 0.25) is 0 Å². The molecular weight excluding hydrogens is 303 g/mol. The largest absolute Gasteiger partial charge is 0.422 e. The van der Waals surface area contributed by atoms with Crippen LogP contribution in [0.15, 0.2) is 18.2 Å². The van der Waals surface area contributed by atoms with Crippen LogP contribution in [0.25, 0.3) is 11.3 Å². The van der Waals surface area contributed by atoms with Gasteiger partial charge in [0, 0.05) is 5.69 Å². The zero-order valence-corrected chi connectivity index (χ0v) is 10.3. The highest BCUT2D eigenvalue weighted by molar-refractivity contribution is 5.62. The summed E-state index contributed by atoms with van der Waals surface area (Å²) in [6.07, 6.45) is -5.56. The van der Waals surface area contributed by atoms with Crippen molar-refractivity contribution in [3.05, 3.63) is 52.7 Å². The lowest BCUT2D eigenvalue weighted by Crippen LogP contribution is -2.16. The maximum Gasteiger partial charge on any atom is 0.422 e. The summed E-state index contributed by atoms with van der Waals surface area (Å²) in [6.45, 7) is 1.44. The van der Waals surface area contributed by atoms with E-state index in [0.29, 0.717) is 0 Å². The Morgan fingerprint density at radius 2 is 1.38 bits per heavy atom. The number of nitrogens with zero attached hydrogens (tertiary/aromatic N) is 1. The molecule has 0 aliphatic carbocycles. The van der Waals surface area contributed by atoms with Crippen molar-refractivity contribution in [3.63, 3.8) is 0 Å². The molecule has 0 fully saturated rings. The van der Waals surface area contributed by atoms with E-state index in [4.69, 9.17) is 0 Å². The average Bonchev–Trinajstić information content (AvgIpc) is 2.35. The van der Waals surface area contributed by atoms with Gasteiger partial charge in [0.1, 0.15) is 5.56 Å². The normalized spacial score (nSPS) is 11.8. The molecule has 2 rings (SSSR count). The number of benzene rings is 1. The summed E-state index contributed by atoms with van der Waals surface area (Å²) in [5.74, 6) is -9.28. The Morgan fingerprint density at radius 3 is 1.81 bits per heavy atom. The van der Waals surface area contributed by atoms with Crippen molar-refractivity contribution in [2.75, 3.05) is 0 Å². The van der Waals surface area contributed by atoms with Crippen LogP contribution in [0.5, 0.6) is 0 Å². The number of aromatic nitrogens is 1. The number of alkyl halides is 3. The van der Waals surface area contributed by atoms with Crippen LogP contribution in [0.1, 0.15) is 11.3 Å². The Morgan fingerprint density at radius 1 is 0.857 bits per heavy atom. The standard InChI is InChI=1S/C13H6F7N/c1-5-3-2-4-6(21-5)7-9(14)11(16)8(13(18,19)20)12(17)10(7)15/h2-4H,1H3. The van der Waals surface area contributed by atoms with Crippen LogP contribution in [0.4, 0.5) is 30.7 Å². The molecule has 112 valence electrons. The monoisotopic (exact) mass is 309 g/mol. The number of pyridine rings is 1. The van der Waals surface area contributed by atoms with E-state index in [2.05, 4.69) is 4.98 Å². The number of rotatable bonds is 1. The van der Waals surface area contributed by atoms with Gasteiger partial charge in [-0.3, -0.25) is 4.98 Å². The minimum Gasteiger partial charge on any atom is -0.253 e. The van der Waals surface area contributed by atoms with Crippen molar-refractivity contribution in [2.24, 2.45) is 0 Å². The summed E-state index contributed by atoms with van der Waals surface area (Å²) in [5, 5.41) is 0. The number of aryl methyl sites for hydroxylation is 1. The van der Waals surface area contributed by atoms with Crippen LogP contribution in [0.2, 0.25) is 0 Å². The van der Waals surface area contributed by atoms with E-state index >= 15 is 0 Å². The second-order valence-corrected chi connectivity index (χ2v) is 4.17. The highest BCUT2D eigenvalue weighted by atomic mass is 19.4. The lowest BCUT2D eigenvalue weighted by Gasteiger charge is -2.14. The van der Waals surface area contributed by atoms with Gasteiger partial charge in [-0.15, -0.1) is 0 Å². The summed E-state index contributed by atoms with van der Waals surface area (Å²) < 4.78 is 91.7. The predicted molar refractivity (Wildman–Crippen MR) is 59.2 cm³/mol. The molecule has 21 heavy (non-hydrogen) atoms. The van der Waals surface area contributed by atoms with Gasteiger partial charge in [0.25, 0.3) is 0 Å². The van der Waals surface area contributed by atoms with Gasteiger partial charge in [0.15, 0.2) is 23.3 Å². The number of hydrogen-bond donors (Lipinski definition) is 0. The van der Waals surface area contributed by atoms with Crippen molar-refractivity contribution >= 4 is 0 Å². The van der Waals surface area contributed by atoms with Gasteiger partial charge in [-0.2, -0.15) is 13.2 Å². The van der Waals surface area contributed by atoms with Gasteiger partial charge in [-0.1, -0.05) is 6.07 Å². The molecule has 0 aliphatic heterocycles. The molecule has 0 N–H and O–H groups in total. The number of halogens is 7. The van der Waals surface area contributed by atoms with Crippen LogP contribution in [0.3, 0.4) is 0 Å². The zero-order chi connectivity index (χ0) is 15.9. The Balaban J connectivity index is 2.82. The summed E-state index contributed by atoms with van der Waals surface area (Å²) in [5.41, 5.74) is -4.11. The third-order valence-corrected chi connectivity index (χ3v) is 2.69. The Bertz CT molecular complexity index is 677. The summed E-state index contributed by atoms with van der Waals surface area (Å²) in [6, 6.07) is 3.76. The van der Waals surface area contributed by atoms with Crippen LogP contribution in [-0.4, -0.2) is 4.98 Å². The van der Waals surface area contributed by atoms with Gasteiger partial charge < -0.3 is 0 Å². The van der Waals surface area contributed by atoms with Crippen molar-refractivity contribution < 1.29 is 30.7 Å². The maximum atomic E-state index is 13.7. The van der Waals surface area contributed by atoms with Crippen molar-refractivity contribution in [1.29, 1.82) is 0 Å². The molecule has 0 bridgehead atoms. The summed E-state index contributed by atoms with van der Waals surface area (Å²) in [4.78, 5) is 3.64. The summed E-state index contributed by atoms with van der Waals surface area (Å²) >= 11 is 0. The second kappa shape index (κ2) is 5.01. The van der Waals surface area contributed by atoms with Crippen LogP contribution in [-0.2, 0) is 6.18 Å². The second-order valence-electron chi connectivity index (χ2n) is 4.17. The van der Waals surface area contributed by atoms with Crippen molar-refractivity contribution in [3.8, 4) is 11.3 Å². The minimum absolute atomic E-state index is 0.270. The first kappa shape index (κ1) is 15.3. The van der Waals surface area contributed by atoms with E-state index in [9.17, 15) is 30.7 Å². The molecule has 0 atom stereocenters. The van der Waals surface area contributed by atoms with E-state index < -0.39 is 46.3 Å². The van der Waals surface area contributed by atoms with E-state index in [1.165, 1.54) is 19.1 Å². The summed E-state index contributed by atoms with van der Waals surface area (Å²) in [7, 11) is 0. The third-order valence-electron chi connectivity index (χ3n) is 2.69. The number of hydrogen-bond acceptors (Lipinski definition) is 1. The van der Waals surface area contributed by atoms with Gasteiger partial charge in [-0.05, 0) is 19.1 Å². The van der Waals surface area contributed by atoms with Crippen LogP contribution >= 0.6 is 0 Å². The lowest BCUT2D eigenvalue weighted by atomic mass is 10.0. The fourth-order valence-electron chi connectivity index (χ4n) is 1.79. The Kier molecular flexibility index (Phi) is 3.65. The first-order chi connectivity index (χ1) is 9.64. The fourth-order valence-corrected chi connectivity index (χ4v) is 1.79. The van der Waals surface area contributed by atoms with E-state index in [1.807, 2.05) is 0 Å². The lowest BCUT2D eigenvalue weighted by molar-refractivity contribution is -0.143. The highest BCUT2D eigenvalue weighted by Crippen LogP contribution is 2.39. The molecule has 0 aliphatic rings. The molecule has 2 aromatic rings. The molecule has 1 aromatic heterocycles. The van der Waals surface area contributed by atoms with Crippen molar-refractivity contribution in [1.82, 2.24) is 4.98 Å².